The van der Waals surface area contributed by atoms with Gasteiger partial charge in [0.1, 0.15) is 30.5 Å². The Morgan fingerprint density at radius 2 is 1.94 bits per heavy atom. The van der Waals surface area contributed by atoms with Gasteiger partial charge in [-0.15, -0.1) is 0 Å². The maximum Gasteiger partial charge on any atom is 0.246 e. The van der Waals surface area contributed by atoms with E-state index in [0.29, 0.717) is 0 Å². The van der Waals surface area contributed by atoms with Gasteiger partial charge in [-0.1, -0.05) is 0 Å². The van der Waals surface area contributed by atoms with Crippen LogP contribution in [0.5, 0.6) is 0 Å². The van der Waals surface area contributed by atoms with Crippen molar-refractivity contribution in [3.63, 3.8) is 0 Å². The van der Waals surface area contributed by atoms with E-state index >= 15 is 0 Å². The predicted molar refractivity (Wildman–Crippen MR) is 53.5 cm³/mol. The molecule has 4 unspecified atom stereocenters. The Kier molecular flexibility index (Phi) is 4.80. The molecule has 6 N–H and O–H groups in total. The second-order valence-corrected chi connectivity index (χ2v) is 3.88. The van der Waals surface area contributed by atoms with Crippen molar-refractivity contribution >= 4 is 5.91 Å². The maximum atomic E-state index is 10.8. The molecule has 1 heterocycles. The van der Waals surface area contributed by atoms with E-state index in [-0.39, 0.29) is 0 Å². The first-order valence-electron chi connectivity index (χ1n) is 5.13. The molecule has 0 spiro atoms. The Morgan fingerprint density at radius 3 is 2.41 bits per heavy atom. The quantitative estimate of drug-likeness (QED) is 0.352. The zero-order chi connectivity index (χ0) is 13.2. The Hall–Kier alpha value is -0.770. The molecule has 1 rings (SSSR count). The summed E-state index contributed by atoms with van der Waals surface area (Å²) in [6.07, 6.45) is -7.97. The Balaban J connectivity index is 2.68. The van der Waals surface area contributed by atoms with E-state index < -0.39 is 49.3 Å². The number of amides is 1. The second kappa shape index (κ2) is 5.71. The highest BCUT2D eigenvalue weighted by atomic mass is 16.7. The van der Waals surface area contributed by atoms with Crippen LogP contribution in [0.25, 0.3) is 0 Å². The van der Waals surface area contributed by atoms with Crippen LogP contribution in [0.3, 0.4) is 0 Å². The van der Waals surface area contributed by atoms with Gasteiger partial charge in [-0.3, -0.25) is 4.79 Å². The van der Waals surface area contributed by atoms with Crippen LogP contribution in [0.15, 0.2) is 0 Å². The Labute approximate surface area is 97.6 Å². The summed E-state index contributed by atoms with van der Waals surface area (Å²) in [6.45, 7) is 0.791. The van der Waals surface area contributed by atoms with Crippen LogP contribution >= 0.6 is 0 Å². The molecule has 0 aliphatic carbocycles. The summed E-state index contributed by atoms with van der Waals surface area (Å²) in [6, 6.07) is 0. The first-order chi connectivity index (χ1) is 7.88. The molecule has 0 bridgehead atoms. The Bertz CT molecular complexity index is 272. The molecule has 1 aliphatic heterocycles. The summed E-state index contributed by atoms with van der Waals surface area (Å²) in [5.74, 6) is -0.762. The van der Waals surface area contributed by atoms with Crippen molar-refractivity contribution in [2.24, 2.45) is 5.73 Å². The third-order valence-corrected chi connectivity index (χ3v) is 2.59. The van der Waals surface area contributed by atoms with Crippen LogP contribution in [0, 0.1) is 0 Å². The van der Waals surface area contributed by atoms with Gasteiger partial charge in [0.2, 0.25) is 5.91 Å². The van der Waals surface area contributed by atoms with Crippen molar-refractivity contribution in [1.82, 2.24) is 0 Å². The number of carbonyl (C=O) groups excluding carboxylic acids is 1. The van der Waals surface area contributed by atoms with Gasteiger partial charge < -0.3 is 35.6 Å². The van der Waals surface area contributed by atoms with Crippen LogP contribution in [-0.2, 0) is 14.3 Å². The van der Waals surface area contributed by atoms with Crippen LogP contribution in [0.4, 0.5) is 0 Å². The molecule has 1 aliphatic rings. The summed E-state index contributed by atoms with van der Waals surface area (Å²) in [5.41, 5.74) is 4.97. The van der Waals surface area contributed by atoms with Gasteiger partial charge in [0.15, 0.2) is 6.29 Å². The SMILES string of the molecule is CC(OC1OC(CO)[C@@H](O)[C@H](O)C1O)C(N)=O. The van der Waals surface area contributed by atoms with Crippen molar-refractivity contribution in [3.8, 4) is 0 Å². The van der Waals surface area contributed by atoms with Crippen LogP contribution in [0.2, 0.25) is 0 Å². The van der Waals surface area contributed by atoms with Crippen LogP contribution in [-0.4, -0.2) is 69.8 Å². The van der Waals surface area contributed by atoms with Crippen molar-refractivity contribution in [2.75, 3.05) is 6.61 Å². The molecule has 1 saturated heterocycles. The fourth-order valence-corrected chi connectivity index (χ4v) is 1.45. The molecule has 0 aromatic rings. The molecule has 0 saturated carbocycles. The van der Waals surface area contributed by atoms with Gasteiger partial charge >= 0.3 is 0 Å². The van der Waals surface area contributed by atoms with Crippen molar-refractivity contribution < 1.29 is 34.7 Å². The number of aliphatic hydroxyl groups excluding tert-OH is 4. The van der Waals surface area contributed by atoms with E-state index in [1.807, 2.05) is 0 Å². The lowest BCUT2D eigenvalue weighted by molar-refractivity contribution is -0.307. The van der Waals surface area contributed by atoms with Gasteiger partial charge in [0.25, 0.3) is 0 Å². The first-order valence-corrected chi connectivity index (χ1v) is 5.13. The first kappa shape index (κ1) is 14.3. The van der Waals surface area contributed by atoms with Gasteiger partial charge in [-0.05, 0) is 6.92 Å². The monoisotopic (exact) mass is 251 g/mol. The number of primary amides is 1. The molecule has 100 valence electrons. The van der Waals surface area contributed by atoms with E-state index in [4.69, 9.17) is 20.3 Å². The molecule has 6 atom stereocenters. The summed E-state index contributed by atoms with van der Waals surface area (Å²) < 4.78 is 10.00. The average molecular weight is 251 g/mol. The van der Waals surface area contributed by atoms with E-state index in [9.17, 15) is 20.1 Å². The minimum atomic E-state index is -1.54. The minimum Gasteiger partial charge on any atom is -0.394 e. The van der Waals surface area contributed by atoms with Crippen molar-refractivity contribution in [2.45, 2.75) is 43.7 Å². The van der Waals surface area contributed by atoms with E-state index in [0.717, 1.165) is 0 Å². The highest BCUT2D eigenvalue weighted by Gasteiger charge is 2.44. The second-order valence-electron chi connectivity index (χ2n) is 3.88. The smallest absolute Gasteiger partial charge is 0.246 e. The lowest BCUT2D eigenvalue weighted by Gasteiger charge is -2.40. The Morgan fingerprint density at radius 1 is 1.35 bits per heavy atom. The maximum absolute atomic E-state index is 10.8. The lowest BCUT2D eigenvalue weighted by Crippen LogP contribution is -2.60. The van der Waals surface area contributed by atoms with Crippen LogP contribution in [0.1, 0.15) is 6.92 Å². The number of hydrogen-bond donors (Lipinski definition) is 5. The molecule has 1 fully saturated rings. The number of rotatable bonds is 4. The van der Waals surface area contributed by atoms with Gasteiger partial charge in [0.05, 0.1) is 6.61 Å². The topological polar surface area (TPSA) is 142 Å². The molecule has 1 amide bonds. The summed E-state index contributed by atoms with van der Waals surface area (Å²) in [5, 5.41) is 37.4. The number of aliphatic hydroxyl groups is 4. The molecule has 0 radical (unpaired) electrons. The molecular weight excluding hydrogens is 234 g/mol. The van der Waals surface area contributed by atoms with Gasteiger partial charge in [0, 0.05) is 0 Å². The third kappa shape index (κ3) is 3.12. The van der Waals surface area contributed by atoms with E-state index in [1.54, 1.807) is 0 Å². The number of carbonyl (C=O) groups is 1. The van der Waals surface area contributed by atoms with Gasteiger partial charge in [-0.25, -0.2) is 0 Å². The van der Waals surface area contributed by atoms with E-state index in [2.05, 4.69) is 0 Å². The highest BCUT2D eigenvalue weighted by Crippen LogP contribution is 2.22. The molecule has 0 aromatic heterocycles. The molecule has 17 heavy (non-hydrogen) atoms. The predicted octanol–water partition coefficient (Wildman–Crippen LogP) is -3.32. The molecule has 8 heteroatoms. The van der Waals surface area contributed by atoms with Crippen molar-refractivity contribution in [1.29, 1.82) is 0 Å². The summed E-state index contributed by atoms with van der Waals surface area (Å²) >= 11 is 0. The van der Waals surface area contributed by atoms with Gasteiger partial charge in [-0.2, -0.15) is 0 Å². The van der Waals surface area contributed by atoms with Crippen molar-refractivity contribution in [3.05, 3.63) is 0 Å². The number of nitrogens with two attached hydrogens (primary N) is 1. The molecule has 0 aromatic carbocycles. The highest BCUT2D eigenvalue weighted by molar-refractivity contribution is 5.78. The standard InChI is InChI=1S/C9H17NO7/c1-3(8(10)15)16-9-7(14)6(13)5(12)4(2-11)17-9/h3-7,9,11-14H,2H2,1H3,(H2,10,15)/t3?,4?,5-,6+,7?,9?/m1/s1. The zero-order valence-electron chi connectivity index (χ0n) is 9.26. The number of hydrogen-bond acceptors (Lipinski definition) is 7. The minimum absolute atomic E-state index is 0.560. The van der Waals surface area contributed by atoms with Crippen LogP contribution < -0.4 is 5.73 Å². The van der Waals surface area contributed by atoms with E-state index in [1.165, 1.54) is 6.92 Å². The average Bonchev–Trinajstić information content (AvgIpc) is 2.29. The summed E-state index contributed by atoms with van der Waals surface area (Å²) in [7, 11) is 0. The zero-order valence-corrected chi connectivity index (χ0v) is 9.26. The third-order valence-electron chi connectivity index (χ3n) is 2.59. The summed E-state index contributed by atoms with van der Waals surface area (Å²) in [4.78, 5) is 10.8. The normalized spacial score (nSPS) is 39.9. The molecular formula is C9H17NO7. The number of ether oxygens (including phenoxy) is 2. The fourth-order valence-electron chi connectivity index (χ4n) is 1.45. The lowest BCUT2D eigenvalue weighted by atomic mass is 9.99. The largest absolute Gasteiger partial charge is 0.394 e. The fraction of sp³-hybridized carbons (Fsp3) is 0.889. The molecule has 8 nitrogen and oxygen atoms in total.